The molecule has 5 rings (SSSR count). The van der Waals surface area contributed by atoms with Gasteiger partial charge in [-0.05, 0) is 54.1 Å². The number of rotatable bonds is 11. The van der Waals surface area contributed by atoms with Crippen LogP contribution in [0.25, 0.3) is 27.6 Å². The Morgan fingerprint density at radius 2 is 1.33 bits per heavy atom. The minimum atomic E-state index is -0.809. The lowest BCUT2D eigenvalue weighted by atomic mass is 9.95. The van der Waals surface area contributed by atoms with Gasteiger partial charge >= 0.3 is 5.97 Å². The molecule has 1 aromatic heterocycles. The van der Waals surface area contributed by atoms with E-state index in [4.69, 9.17) is 38.9 Å². The van der Waals surface area contributed by atoms with Crippen molar-refractivity contribution in [1.82, 2.24) is 4.57 Å². The van der Waals surface area contributed by atoms with Crippen molar-refractivity contribution in [3.63, 3.8) is 0 Å². The highest BCUT2D eigenvalue weighted by Gasteiger charge is 2.29. The highest BCUT2D eigenvalue weighted by Crippen LogP contribution is 2.45. The molecule has 238 valence electrons. The lowest BCUT2D eigenvalue weighted by Crippen LogP contribution is -2.27. The van der Waals surface area contributed by atoms with Gasteiger partial charge in [-0.15, -0.1) is 0 Å². The van der Waals surface area contributed by atoms with E-state index in [0.717, 1.165) is 5.56 Å². The van der Waals surface area contributed by atoms with Gasteiger partial charge < -0.3 is 38.9 Å². The Kier molecular flexibility index (Phi) is 9.34. The molecule has 0 radical (unpaired) electrons. The van der Waals surface area contributed by atoms with Gasteiger partial charge in [-0.2, -0.15) is 0 Å². The third-order valence-corrected chi connectivity index (χ3v) is 7.47. The molecule has 1 unspecified atom stereocenters. The number of pyridine rings is 1. The van der Waals surface area contributed by atoms with E-state index < -0.39 is 17.8 Å². The first kappa shape index (κ1) is 31.7. The third-order valence-electron chi connectivity index (χ3n) is 7.47. The average molecular weight is 627 g/mol. The van der Waals surface area contributed by atoms with Crippen molar-refractivity contribution in [3.05, 3.63) is 100 Å². The van der Waals surface area contributed by atoms with Crippen LogP contribution in [-0.4, -0.2) is 53.2 Å². The first-order chi connectivity index (χ1) is 22.3. The van der Waals surface area contributed by atoms with Gasteiger partial charge in [0.1, 0.15) is 5.69 Å². The molecule has 5 aromatic rings. The zero-order valence-corrected chi connectivity index (χ0v) is 26.3. The van der Waals surface area contributed by atoms with Gasteiger partial charge in [0.2, 0.25) is 12.0 Å². The van der Waals surface area contributed by atoms with Crippen molar-refractivity contribution in [1.29, 1.82) is 0 Å². The van der Waals surface area contributed by atoms with Gasteiger partial charge in [-0.1, -0.05) is 30.3 Å². The average Bonchev–Trinajstić information content (AvgIpc) is 3.10. The van der Waals surface area contributed by atoms with Gasteiger partial charge in [0.25, 0.3) is 5.56 Å². The summed E-state index contributed by atoms with van der Waals surface area (Å²) in [6, 6.07) is 22.5. The van der Waals surface area contributed by atoms with E-state index in [-0.39, 0.29) is 16.8 Å². The predicted molar refractivity (Wildman–Crippen MR) is 174 cm³/mol. The fourth-order valence-electron chi connectivity index (χ4n) is 5.31. The number of carbonyl (C=O) groups excluding carboxylic acids is 1. The Bertz CT molecular complexity index is 1910. The van der Waals surface area contributed by atoms with Crippen molar-refractivity contribution >= 4 is 22.4 Å². The van der Waals surface area contributed by atoms with Crippen molar-refractivity contribution in [2.45, 2.75) is 6.29 Å². The van der Waals surface area contributed by atoms with Gasteiger partial charge in [0.05, 0.1) is 40.9 Å². The standard InChI is InChI=1S/C35H34N2O9/c1-40-26-18-24-25(19-27(26)46-35(45-6)20-10-8-7-9-11-20)33(38)37(23-14-12-22(36)13-15-23)31(34(39)44-5)30(24)21-16-28(41-2)32(43-4)29(17-21)42-3/h7-19,35H,36H2,1-6H3. The molecule has 0 amide bonds. The first-order valence-electron chi connectivity index (χ1n) is 14.1. The molecule has 1 atom stereocenters. The number of fused-ring (bicyclic) bond motifs is 1. The number of benzene rings is 4. The van der Waals surface area contributed by atoms with Crippen molar-refractivity contribution in [2.75, 3.05) is 48.4 Å². The second-order valence-corrected chi connectivity index (χ2v) is 10.0. The van der Waals surface area contributed by atoms with E-state index in [1.54, 1.807) is 48.5 Å². The van der Waals surface area contributed by atoms with E-state index in [0.29, 0.717) is 50.9 Å². The van der Waals surface area contributed by atoms with Crippen molar-refractivity contribution in [3.8, 4) is 45.6 Å². The normalized spacial score (nSPS) is 11.5. The predicted octanol–water partition coefficient (Wildman–Crippen LogP) is 5.78. The number of esters is 1. The summed E-state index contributed by atoms with van der Waals surface area (Å²) in [6.45, 7) is 0. The molecule has 0 saturated heterocycles. The molecule has 0 aliphatic carbocycles. The van der Waals surface area contributed by atoms with E-state index in [1.807, 2.05) is 30.3 Å². The number of hydrogen-bond donors (Lipinski definition) is 1. The van der Waals surface area contributed by atoms with Crippen LogP contribution in [0.1, 0.15) is 22.3 Å². The van der Waals surface area contributed by atoms with Crippen LogP contribution in [0, 0.1) is 0 Å². The molecule has 2 N–H and O–H groups in total. The zero-order chi connectivity index (χ0) is 33.0. The van der Waals surface area contributed by atoms with Crippen molar-refractivity contribution in [2.24, 2.45) is 0 Å². The second kappa shape index (κ2) is 13.5. The quantitative estimate of drug-likeness (QED) is 0.109. The lowest BCUT2D eigenvalue weighted by molar-refractivity contribution is -0.0573. The summed E-state index contributed by atoms with van der Waals surface area (Å²) < 4.78 is 41.0. The van der Waals surface area contributed by atoms with E-state index in [1.165, 1.54) is 47.2 Å². The number of nitrogens with zero attached hydrogens (tertiary/aromatic N) is 1. The molecule has 4 aromatic carbocycles. The Balaban J connectivity index is 1.93. The number of nitrogen functional groups attached to an aromatic ring is 1. The first-order valence-corrected chi connectivity index (χ1v) is 14.1. The molecule has 0 saturated carbocycles. The highest BCUT2D eigenvalue weighted by atomic mass is 16.7. The maximum Gasteiger partial charge on any atom is 0.355 e. The monoisotopic (exact) mass is 626 g/mol. The highest BCUT2D eigenvalue weighted by molar-refractivity contribution is 6.08. The third kappa shape index (κ3) is 5.75. The fourth-order valence-corrected chi connectivity index (χ4v) is 5.31. The van der Waals surface area contributed by atoms with Crippen LogP contribution in [0.3, 0.4) is 0 Å². The molecule has 11 nitrogen and oxygen atoms in total. The molecule has 0 spiro atoms. The molecule has 0 aliphatic rings. The smallest absolute Gasteiger partial charge is 0.355 e. The summed E-state index contributed by atoms with van der Waals surface area (Å²) in [6.07, 6.45) is -0.809. The Morgan fingerprint density at radius 3 is 1.87 bits per heavy atom. The van der Waals surface area contributed by atoms with Crippen LogP contribution in [0.2, 0.25) is 0 Å². The Hall–Kier alpha value is -5.68. The summed E-state index contributed by atoms with van der Waals surface area (Å²) >= 11 is 0. The number of carbonyl (C=O) groups is 1. The minimum Gasteiger partial charge on any atom is -0.493 e. The summed E-state index contributed by atoms with van der Waals surface area (Å²) in [7, 11) is 8.71. The molecule has 1 heterocycles. The molecular weight excluding hydrogens is 592 g/mol. The minimum absolute atomic E-state index is 0.0474. The maximum atomic E-state index is 14.5. The SMILES string of the molecule is COC(=O)c1c(-c2cc(OC)c(OC)c(OC)c2)c2cc(OC)c(OC(OC)c3ccccc3)cc2c(=O)n1-c1ccc(N)cc1. The van der Waals surface area contributed by atoms with Crippen LogP contribution in [0.5, 0.6) is 28.7 Å². The fraction of sp³-hybridized carbons (Fsp3) is 0.200. The van der Waals surface area contributed by atoms with E-state index in [2.05, 4.69) is 0 Å². The van der Waals surface area contributed by atoms with Gasteiger partial charge in [0, 0.05) is 35.0 Å². The van der Waals surface area contributed by atoms with Crippen LogP contribution >= 0.6 is 0 Å². The van der Waals surface area contributed by atoms with Crippen LogP contribution < -0.4 is 35.0 Å². The number of ether oxygens (including phenoxy) is 7. The molecule has 11 heteroatoms. The summed E-state index contributed by atoms with van der Waals surface area (Å²) in [5.74, 6) is 0.798. The summed E-state index contributed by atoms with van der Waals surface area (Å²) in [5, 5.41) is 0.594. The van der Waals surface area contributed by atoms with Gasteiger partial charge in [0.15, 0.2) is 23.0 Å². The van der Waals surface area contributed by atoms with Crippen molar-refractivity contribution < 1.29 is 38.0 Å². The second-order valence-electron chi connectivity index (χ2n) is 10.0. The molecule has 0 bridgehead atoms. The molecule has 0 fully saturated rings. The number of methoxy groups -OCH3 is 6. The molecular formula is C35H34N2O9. The topological polar surface area (TPSA) is 130 Å². The zero-order valence-electron chi connectivity index (χ0n) is 26.3. The van der Waals surface area contributed by atoms with E-state index in [9.17, 15) is 9.59 Å². The number of hydrogen-bond acceptors (Lipinski definition) is 10. The number of anilines is 1. The van der Waals surface area contributed by atoms with Gasteiger partial charge in [-0.25, -0.2) is 4.79 Å². The molecule has 46 heavy (non-hydrogen) atoms. The van der Waals surface area contributed by atoms with Crippen LogP contribution in [0.15, 0.2) is 83.7 Å². The Labute approximate surface area is 265 Å². The number of aromatic nitrogens is 1. The number of nitrogens with two attached hydrogens (primary N) is 1. The largest absolute Gasteiger partial charge is 0.493 e. The van der Waals surface area contributed by atoms with Crippen LogP contribution in [-0.2, 0) is 9.47 Å². The summed E-state index contributed by atoms with van der Waals surface area (Å²) in [5.41, 5.74) is 7.83. The maximum absolute atomic E-state index is 14.5. The molecule has 0 aliphatic heterocycles. The van der Waals surface area contributed by atoms with E-state index >= 15 is 0 Å². The Morgan fingerprint density at radius 1 is 0.717 bits per heavy atom. The van der Waals surface area contributed by atoms with Crippen LogP contribution in [0.4, 0.5) is 5.69 Å². The summed E-state index contributed by atoms with van der Waals surface area (Å²) in [4.78, 5) is 28.2. The lowest BCUT2D eigenvalue weighted by Gasteiger charge is -2.23. The van der Waals surface area contributed by atoms with Gasteiger partial charge in [-0.3, -0.25) is 9.36 Å².